The van der Waals surface area contributed by atoms with E-state index in [0.29, 0.717) is 0 Å². The Morgan fingerprint density at radius 3 is 2.38 bits per heavy atom. The Morgan fingerprint density at radius 1 is 1.23 bits per heavy atom. The Morgan fingerprint density at radius 2 is 1.85 bits per heavy atom. The summed E-state index contributed by atoms with van der Waals surface area (Å²) in [5.41, 5.74) is 0. The molecule has 1 aromatic rings. The van der Waals surface area contributed by atoms with Gasteiger partial charge in [-0.3, -0.25) is 9.59 Å². The number of amides is 3. The molecule has 0 radical (unpaired) electrons. The van der Waals surface area contributed by atoms with Gasteiger partial charge in [0.1, 0.15) is 4.90 Å². The first-order valence-electron chi connectivity index (χ1n) is 7.41. The van der Waals surface area contributed by atoms with E-state index >= 15 is 0 Å². The van der Waals surface area contributed by atoms with Crippen LogP contribution >= 0.6 is 23.2 Å². The predicted molar refractivity (Wildman–Crippen MR) is 90.2 cm³/mol. The molecular weight excluding hydrogens is 409 g/mol. The lowest BCUT2D eigenvalue weighted by atomic mass is 10.1. The highest BCUT2D eigenvalue weighted by atomic mass is 35.5. The van der Waals surface area contributed by atoms with E-state index in [-0.39, 0.29) is 34.6 Å². The van der Waals surface area contributed by atoms with Gasteiger partial charge in [0.05, 0.1) is 22.6 Å². The Bertz CT molecular complexity index is 848. The Labute approximate surface area is 158 Å². The molecule has 2 saturated heterocycles. The van der Waals surface area contributed by atoms with Crippen molar-refractivity contribution in [1.82, 2.24) is 14.5 Å². The second kappa shape index (κ2) is 7.03. The third kappa shape index (κ3) is 3.50. The molecule has 2 fully saturated rings. The minimum atomic E-state index is -4.08. The van der Waals surface area contributed by atoms with Gasteiger partial charge in [-0.1, -0.05) is 29.3 Å². The lowest BCUT2D eigenvalue weighted by molar-refractivity contribution is -0.141. The summed E-state index contributed by atoms with van der Waals surface area (Å²) < 4.78 is 31.4. The second-order valence-electron chi connectivity index (χ2n) is 5.65. The number of sulfonamides is 1. The fourth-order valence-corrected chi connectivity index (χ4v) is 4.73. The summed E-state index contributed by atoms with van der Waals surface area (Å²) in [5, 5.41) is -0.125. The minimum absolute atomic E-state index is 0.0625. The van der Waals surface area contributed by atoms with Crippen LogP contribution in [-0.2, 0) is 24.3 Å². The molecule has 0 aliphatic carbocycles. The highest BCUT2D eigenvalue weighted by molar-refractivity contribution is 7.89. The number of imide groups is 1. The van der Waals surface area contributed by atoms with Gasteiger partial charge < -0.3 is 9.64 Å². The predicted octanol–water partition coefficient (Wildman–Crippen LogP) is 0.461. The molecule has 0 atom stereocenters. The number of hydrogen-bond acceptors (Lipinski definition) is 6. The van der Waals surface area contributed by atoms with Crippen molar-refractivity contribution in [3.63, 3.8) is 0 Å². The van der Waals surface area contributed by atoms with Crippen molar-refractivity contribution in [1.29, 1.82) is 0 Å². The number of carbonyl (C=O) groups is 3. The quantitative estimate of drug-likeness (QED) is 0.738. The van der Waals surface area contributed by atoms with E-state index < -0.39 is 40.5 Å². The molecule has 1 aromatic carbocycles. The fraction of sp³-hybridized carbons (Fsp3) is 0.357. The van der Waals surface area contributed by atoms with Gasteiger partial charge in [0.15, 0.2) is 6.61 Å². The second-order valence-corrected chi connectivity index (χ2v) is 8.16. The standard InChI is InChI=1S/C14H13Cl2N3O6S/c15-9-2-1-3-10(16)13(9)26(23,24)17-4-11(20)18-5-8(6-18)19-12(21)7-25-14(19)22/h1-3,8,17H,4-7H2. The fourth-order valence-electron chi connectivity index (χ4n) is 2.62. The number of nitrogens with zero attached hydrogens (tertiary/aromatic N) is 2. The monoisotopic (exact) mass is 421 g/mol. The van der Waals surface area contributed by atoms with Crippen molar-refractivity contribution < 1.29 is 27.5 Å². The first kappa shape index (κ1) is 18.9. The van der Waals surface area contributed by atoms with Crippen LogP contribution in [0.4, 0.5) is 4.79 Å². The van der Waals surface area contributed by atoms with Crippen LogP contribution in [0.1, 0.15) is 0 Å². The van der Waals surface area contributed by atoms with Gasteiger partial charge in [0, 0.05) is 13.1 Å². The van der Waals surface area contributed by atoms with Crippen molar-refractivity contribution in [2.75, 3.05) is 26.2 Å². The van der Waals surface area contributed by atoms with Gasteiger partial charge in [-0.25, -0.2) is 22.8 Å². The van der Waals surface area contributed by atoms with E-state index in [1.54, 1.807) is 0 Å². The average Bonchev–Trinajstić information content (AvgIpc) is 2.83. The van der Waals surface area contributed by atoms with E-state index in [1.807, 2.05) is 0 Å². The van der Waals surface area contributed by atoms with Crippen molar-refractivity contribution >= 4 is 51.1 Å². The Balaban J connectivity index is 1.57. The number of rotatable bonds is 5. The summed E-state index contributed by atoms with van der Waals surface area (Å²) in [6.07, 6.45) is -0.735. The number of likely N-dealkylation sites (tertiary alicyclic amines) is 1. The first-order chi connectivity index (χ1) is 12.2. The van der Waals surface area contributed by atoms with Crippen LogP contribution in [-0.4, -0.2) is 68.4 Å². The zero-order valence-electron chi connectivity index (χ0n) is 13.1. The molecular formula is C14H13Cl2N3O6S. The molecule has 26 heavy (non-hydrogen) atoms. The van der Waals surface area contributed by atoms with Crippen molar-refractivity contribution in [3.8, 4) is 0 Å². The van der Waals surface area contributed by atoms with Crippen LogP contribution in [0.3, 0.4) is 0 Å². The molecule has 2 aliphatic heterocycles. The maximum atomic E-state index is 12.3. The van der Waals surface area contributed by atoms with Crippen molar-refractivity contribution in [2.45, 2.75) is 10.9 Å². The van der Waals surface area contributed by atoms with Crippen molar-refractivity contribution in [2.24, 2.45) is 0 Å². The third-order valence-electron chi connectivity index (χ3n) is 3.97. The van der Waals surface area contributed by atoms with Crippen LogP contribution in [0, 0.1) is 0 Å². The topological polar surface area (TPSA) is 113 Å². The number of cyclic esters (lactones) is 1. The lowest BCUT2D eigenvalue weighted by Crippen LogP contribution is -2.63. The third-order valence-corrected chi connectivity index (χ3v) is 6.32. The molecule has 2 aliphatic rings. The number of nitrogens with one attached hydrogen (secondary N) is 1. The molecule has 0 bridgehead atoms. The number of ether oxygens (including phenoxy) is 1. The number of carbonyl (C=O) groups excluding carboxylic acids is 3. The molecule has 0 unspecified atom stereocenters. The Hall–Kier alpha value is -1.88. The zero-order valence-corrected chi connectivity index (χ0v) is 15.5. The summed E-state index contributed by atoms with van der Waals surface area (Å²) >= 11 is 11.7. The molecule has 2 heterocycles. The highest BCUT2D eigenvalue weighted by Gasteiger charge is 2.44. The van der Waals surface area contributed by atoms with E-state index in [4.69, 9.17) is 23.2 Å². The van der Waals surface area contributed by atoms with Gasteiger partial charge in [0.2, 0.25) is 15.9 Å². The molecule has 12 heteroatoms. The Kier molecular flexibility index (Phi) is 5.11. The van der Waals surface area contributed by atoms with Gasteiger partial charge in [0.25, 0.3) is 5.91 Å². The van der Waals surface area contributed by atoms with Gasteiger partial charge in [-0.15, -0.1) is 0 Å². The van der Waals surface area contributed by atoms with Gasteiger partial charge in [-0.05, 0) is 12.1 Å². The van der Waals surface area contributed by atoms with Crippen LogP contribution in [0.25, 0.3) is 0 Å². The summed E-state index contributed by atoms with van der Waals surface area (Å²) in [6, 6.07) is 3.78. The van der Waals surface area contributed by atoms with E-state index in [9.17, 15) is 22.8 Å². The van der Waals surface area contributed by atoms with E-state index in [0.717, 1.165) is 4.90 Å². The largest absolute Gasteiger partial charge is 0.439 e. The van der Waals surface area contributed by atoms with Crippen LogP contribution in [0.2, 0.25) is 10.0 Å². The molecule has 0 spiro atoms. The molecule has 9 nitrogen and oxygen atoms in total. The van der Waals surface area contributed by atoms with Crippen molar-refractivity contribution in [3.05, 3.63) is 28.2 Å². The number of halogens is 2. The SMILES string of the molecule is O=C(CNS(=O)(=O)c1c(Cl)cccc1Cl)N1CC(N2C(=O)COC2=O)C1. The summed E-state index contributed by atoms with van der Waals surface area (Å²) in [7, 11) is -4.08. The summed E-state index contributed by atoms with van der Waals surface area (Å²) in [4.78, 5) is 37.1. The molecule has 3 amide bonds. The van der Waals surface area contributed by atoms with Crippen LogP contribution < -0.4 is 4.72 Å². The normalized spacial score (nSPS) is 18.1. The maximum Gasteiger partial charge on any atom is 0.417 e. The molecule has 0 aromatic heterocycles. The summed E-state index contributed by atoms with van der Waals surface area (Å²) in [5.74, 6) is -0.964. The van der Waals surface area contributed by atoms with Gasteiger partial charge >= 0.3 is 6.09 Å². The first-order valence-corrected chi connectivity index (χ1v) is 9.65. The molecule has 3 rings (SSSR count). The van der Waals surface area contributed by atoms with Crippen LogP contribution in [0.5, 0.6) is 0 Å². The average molecular weight is 422 g/mol. The molecule has 1 N–H and O–H groups in total. The highest BCUT2D eigenvalue weighted by Crippen LogP contribution is 2.28. The summed E-state index contributed by atoms with van der Waals surface area (Å²) in [6.45, 7) is -0.570. The molecule has 140 valence electrons. The maximum absolute atomic E-state index is 12.3. The number of hydrogen-bond donors (Lipinski definition) is 1. The number of benzene rings is 1. The lowest BCUT2D eigenvalue weighted by Gasteiger charge is -2.41. The smallest absolute Gasteiger partial charge is 0.417 e. The minimum Gasteiger partial charge on any atom is -0.439 e. The zero-order chi connectivity index (χ0) is 19.1. The van der Waals surface area contributed by atoms with E-state index in [2.05, 4.69) is 9.46 Å². The molecule has 0 saturated carbocycles. The van der Waals surface area contributed by atoms with E-state index in [1.165, 1.54) is 23.1 Å². The van der Waals surface area contributed by atoms with Crippen LogP contribution in [0.15, 0.2) is 23.1 Å². The van der Waals surface area contributed by atoms with Gasteiger partial charge in [-0.2, -0.15) is 0 Å².